The van der Waals surface area contributed by atoms with E-state index in [4.69, 9.17) is 42.6 Å². The topological polar surface area (TPSA) is 232 Å². The Balaban J connectivity index is 0.000000247. The van der Waals surface area contributed by atoms with E-state index in [2.05, 4.69) is 18.7 Å². The standard InChI is InChI=1S/2C9H19N2O3P.5C6H14NO2P/c2*1-15(12,10-2-6-13-7-3-10)11-4-8-14-9-5-11;5*1-10(2,8)7-3-5-9-6-4-7/h2*2-9H2,1H3;5*3-6H2,1-2H3. The molecule has 32 heteroatoms. The summed E-state index contributed by atoms with van der Waals surface area (Å²) in [5, 5.41) is 0. The van der Waals surface area contributed by atoms with Gasteiger partial charge in [-0.1, -0.05) is 0 Å². The van der Waals surface area contributed by atoms with Gasteiger partial charge in [-0.25, -0.2) is 42.0 Å². The maximum absolute atomic E-state index is 12.7. The van der Waals surface area contributed by atoms with Gasteiger partial charge in [0, 0.05) is 198 Å². The predicted molar refractivity (Wildman–Crippen MR) is 326 cm³/mol. The van der Waals surface area contributed by atoms with Crippen LogP contribution in [0.3, 0.4) is 0 Å². The molecule has 25 nitrogen and oxygen atoms in total. The van der Waals surface area contributed by atoms with Crippen LogP contribution in [-0.4, -0.2) is 359 Å². The van der Waals surface area contributed by atoms with Crippen LogP contribution in [0.25, 0.3) is 0 Å². The highest BCUT2D eigenvalue weighted by atomic mass is 31.2. The van der Waals surface area contributed by atoms with Crippen molar-refractivity contribution in [3.63, 3.8) is 0 Å². The molecular weight excluding hydrogens is 1180 g/mol. The van der Waals surface area contributed by atoms with Crippen LogP contribution in [-0.2, 0) is 74.6 Å². The molecule has 476 valence electrons. The molecule has 0 saturated carbocycles. The molecule has 0 spiro atoms. The van der Waals surface area contributed by atoms with Crippen molar-refractivity contribution in [1.82, 2.24) is 42.0 Å². The first-order valence-electron chi connectivity index (χ1n) is 28.3. The maximum atomic E-state index is 12.7. The molecule has 0 unspecified atom stereocenters. The molecule has 9 rings (SSSR count). The fraction of sp³-hybridized carbons (Fsp3) is 1.00. The summed E-state index contributed by atoms with van der Waals surface area (Å²) in [5.41, 5.74) is 0. The second-order valence-corrected chi connectivity index (χ2v) is 43.6. The number of morpholine rings is 9. The van der Waals surface area contributed by atoms with Crippen molar-refractivity contribution in [1.29, 1.82) is 0 Å². The Kier molecular flexibility index (Phi) is 35.4. The molecule has 0 atom stereocenters. The van der Waals surface area contributed by atoms with Crippen molar-refractivity contribution >= 4 is 51.3 Å². The van der Waals surface area contributed by atoms with Crippen LogP contribution in [0.2, 0.25) is 0 Å². The summed E-state index contributed by atoms with van der Waals surface area (Å²) in [6, 6.07) is 0. The number of nitrogens with zero attached hydrogens (tertiary/aromatic N) is 9. The van der Waals surface area contributed by atoms with Gasteiger partial charge in [-0.3, -0.25) is 9.13 Å². The van der Waals surface area contributed by atoms with E-state index in [9.17, 15) is 32.0 Å². The van der Waals surface area contributed by atoms with Crippen LogP contribution in [0.5, 0.6) is 0 Å². The van der Waals surface area contributed by atoms with E-state index in [1.807, 2.05) is 36.7 Å². The predicted octanol–water partition coefficient (Wildman–Crippen LogP) is 5.23. The third-order valence-electron chi connectivity index (χ3n) is 14.4. The fourth-order valence-corrected chi connectivity index (χ4v) is 19.2. The Hall–Kier alpha value is 0.890. The molecule has 9 aliphatic heterocycles. The second kappa shape index (κ2) is 37.7. The molecule has 9 fully saturated rings. The molecule has 0 aromatic carbocycles. The first-order chi connectivity index (χ1) is 37.4. The van der Waals surface area contributed by atoms with Gasteiger partial charge in [0.15, 0.2) is 0 Å². The van der Waals surface area contributed by atoms with Crippen molar-refractivity contribution in [3.05, 3.63) is 0 Å². The molecule has 9 heterocycles. The van der Waals surface area contributed by atoms with Crippen LogP contribution in [0.4, 0.5) is 0 Å². The summed E-state index contributed by atoms with van der Waals surface area (Å²) in [5.74, 6) is 0. The van der Waals surface area contributed by atoms with Crippen molar-refractivity contribution in [2.45, 2.75) is 0 Å². The molecular formula is C48H108N9O16P7. The van der Waals surface area contributed by atoms with Gasteiger partial charge in [0.1, 0.15) is 36.5 Å². The fourth-order valence-electron chi connectivity index (χ4n) is 9.23. The molecule has 0 amide bonds. The van der Waals surface area contributed by atoms with Gasteiger partial charge in [-0.05, 0) is 0 Å². The highest BCUT2D eigenvalue weighted by Crippen LogP contribution is 2.51. The zero-order chi connectivity index (χ0) is 59.5. The van der Waals surface area contributed by atoms with Crippen LogP contribution in [0, 0.1) is 0 Å². The molecule has 9 saturated heterocycles. The van der Waals surface area contributed by atoms with E-state index in [0.29, 0.717) is 52.9 Å². The normalized spacial score (nSPS) is 24.4. The number of hydrogen-bond acceptors (Lipinski definition) is 16. The lowest BCUT2D eigenvalue weighted by atomic mass is 10.5. The molecule has 9 aliphatic rings. The third-order valence-corrected chi connectivity index (χ3v) is 29.0. The minimum Gasteiger partial charge on any atom is -0.379 e. The van der Waals surface area contributed by atoms with Crippen molar-refractivity contribution in [2.75, 3.05) is 317 Å². The zero-order valence-corrected chi connectivity index (χ0v) is 57.4. The Morgan fingerprint density at radius 2 is 0.263 bits per heavy atom. The summed E-state index contributed by atoms with van der Waals surface area (Å²) < 4.78 is 148. The van der Waals surface area contributed by atoms with E-state index in [-0.39, 0.29) is 0 Å². The maximum Gasteiger partial charge on any atom is 0.213 e. The SMILES string of the molecule is CP(=O)(N1CCOCC1)N1CCOCC1.CP(=O)(N1CCOCC1)N1CCOCC1.CP(C)(=O)N1CCOCC1.CP(C)(=O)N1CCOCC1.CP(C)(=O)N1CCOCC1.CP(C)(=O)N1CCOCC1.CP(C)(=O)N1CCOCC1. The molecule has 0 aliphatic carbocycles. The minimum absolute atomic E-state index is 0.697. The van der Waals surface area contributed by atoms with E-state index >= 15 is 0 Å². The smallest absolute Gasteiger partial charge is 0.213 e. The van der Waals surface area contributed by atoms with Crippen LogP contribution in [0.1, 0.15) is 0 Å². The molecule has 80 heavy (non-hydrogen) atoms. The molecule has 0 radical (unpaired) electrons. The molecule has 0 aromatic rings. The average Bonchev–Trinajstić information content (AvgIpc) is 3.45. The Labute approximate surface area is 482 Å². The summed E-state index contributed by atoms with van der Waals surface area (Å²) in [6.45, 7) is 49.1. The Bertz CT molecular complexity index is 1730. The summed E-state index contributed by atoms with van der Waals surface area (Å²) in [7, 11) is -14.6. The lowest BCUT2D eigenvalue weighted by Gasteiger charge is -2.40. The van der Waals surface area contributed by atoms with Crippen LogP contribution < -0.4 is 0 Å². The average molecular weight is 1280 g/mol. The summed E-state index contributed by atoms with van der Waals surface area (Å²) in [4.78, 5) is 0. The highest BCUT2D eigenvalue weighted by Gasteiger charge is 2.36. The van der Waals surface area contributed by atoms with E-state index in [1.54, 1.807) is 66.6 Å². The van der Waals surface area contributed by atoms with Crippen molar-refractivity contribution in [3.8, 4) is 0 Å². The summed E-state index contributed by atoms with van der Waals surface area (Å²) in [6.07, 6.45) is 0. The van der Waals surface area contributed by atoms with Crippen molar-refractivity contribution < 1.29 is 74.6 Å². The highest BCUT2D eigenvalue weighted by molar-refractivity contribution is 7.61. The first kappa shape index (κ1) is 75.1. The van der Waals surface area contributed by atoms with Crippen LogP contribution >= 0.6 is 51.3 Å². The van der Waals surface area contributed by atoms with Gasteiger partial charge < -0.3 is 65.5 Å². The molecule has 0 N–H and O–H groups in total. The van der Waals surface area contributed by atoms with Gasteiger partial charge in [-0.15, -0.1) is 0 Å². The van der Waals surface area contributed by atoms with E-state index in [0.717, 1.165) is 184 Å². The second-order valence-electron chi connectivity index (χ2n) is 22.2. The molecule has 0 aromatic heterocycles. The molecule has 0 bridgehead atoms. The Morgan fingerprint density at radius 1 is 0.175 bits per heavy atom. The third kappa shape index (κ3) is 29.7. The minimum atomic E-state index is -2.34. The van der Waals surface area contributed by atoms with Gasteiger partial charge >= 0.3 is 0 Å². The van der Waals surface area contributed by atoms with Crippen molar-refractivity contribution in [2.24, 2.45) is 0 Å². The lowest BCUT2D eigenvalue weighted by molar-refractivity contribution is 0.0531. The van der Waals surface area contributed by atoms with E-state index in [1.165, 1.54) is 0 Å². The van der Waals surface area contributed by atoms with Crippen LogP contribution in [0.15, 0.2) is 0 Å². The summed E-state index contributed by atoms with van der Waals surface area (Å²) >= 11 is 0. The number of rotatable bonds is 9. The van der Waals surface area contributed by atoms with Gasteiger partial charge in [0.25, 0.3) is 0 Å². The van der Waals surface area contributed by atoms with Gasteiger partial charge in [-0.2, -0.15) is 0 Å². The quantitative estimate of drug-likeness (QED) is 0.269. The zero-order valence-electron chi connectivity index (χ0n) is 51.1. The number of ether oxygens (including phenoxy) is 9. The van der Waals surface area contributed by atoms with Gasteiger partial charge in [0.05, 0.1) is 119 Å². The monoisotopic (exact) mass is 1280 g/mol. The largest absolute Gasteiger partial charge is 0.379 e. The Morgan fingerprint density at radius 3 is 0.338 bits per heavy atom. The lowest BCUT2D eigenvalue weighted by Crippen LogP contribution is -2.42. The van der Waals surface area contributed by atoms with E-state index < -0.39 is 51.3 Å². The number of hydrogen-bond donors (Lipinski definition) is 0. The first-order valence-corrected chi connectivity index (χ1v) is 45.2. The van der Waals surface area contributed by atoms with Gasteiger partial charge in [0.2, 0.25) is 14.9 Å².